The van der Waals surface area contributed by atoms with Gasteiger partial charge < -0.3 is 10.4 Å². The molecule has 1 amide bonds. The third-order valence-electron chi connectivity index (χ3n) is 3.81. The molecule has 0 fully saturated rings. The Morgan fingerprint density at radius 3 is 2.29 bits per heavy atom. The smallest absolute Gasteiger partial charge is 0.335 e. The van der Waals surface area contributed by atoms with E-state index in [4.69, 9.17) is 5.11 Å². The van der Waals surface area contributed by atoms with Gasteiger partial charge in [0, 0.05) is 16.7 Å². The third kappa shape index (κ3) is 3.84. The quantitative estimate of drug-likeness (QED) is 0.634. The number of anilines is 1. The van der Waals surface area contributed by atoms with Crippen molar-refractivity contribution in [2.75, 3.05) is 5.32 Å². The number of benzene rings is 2. The molecule has 6 nitrogen and oxygen atoms in total. The van der Waals surface area contributed by atoms with Crippen LogP contribution in [0.4, 0.5) is 14.5 Å². The Hall–Kier alpha value is -3.33. The Morgan fingerprint density at radius 1 is 1.00 bits per heavy atom. The number of aromatic carboxylic acids is 1. The van der Waals surface area contributed by atoms with Crippen molar-refractivity contribution in [3.05, 3.63) is 92.3 Å². The van der Waals surface area contributed by atoms with E-state index in [1.165, 1.54) is 24.3 Å². The minimum atomic E-state index is -1.17. The highest BCUT2D eigenvalue weighted by Crippen LogP contribution is 2.24. The zero-order chi connectivity index (χ0) is 20.4. The second-order valence-electron chi connectivity index (χ2n) is 5.65. The van der Waals surface area contributed by atoms with Gasteiger partial charge in [0.2, 0.25) is 0 Å². The predicted molar refractivity (Wildman–Crippen MR) is 101 cm³/mol. The lowest BCUT2D eigenvalue weighted by atomic mass is 10.2. The molecular weight excluding hydrogens is 438 g/mol. The summed E-state index contributed by atoms with van der Waals surface area (Å²) in [6.07, 6.45) is 1.01. The molecule has 0 unspecified atom stereocenters. The zero-order valence-corrected chi connectivity index (χ0v) is 15.5. The number of para-hydroxylation sites is 1. The molecule has 1 aromatic heterocycles. The number of nitrogens with zero attached hydrogens (tertiary/aromatic N) is 1. The van der Waals surface area contributed by atoms with E-state index in [1.807, 2.05) is 0 Å². The first-order chi connectivity index (χ1) is 13.3. The van der Waals surface area contributed by atoms with E-state index in [-0.39, 0.29) is 16.8 Å². The number of hydrogen-bond donors (Lipinski definition) is 2. The number of carbonyl (C=O) groups excluding carboxylic acids is 1. The molecule has 0 saturated carbocycles. The van der Waals surface area contributed by atoms with Crippen LogP contribution in [0.15, 0.2) is 64.0 Å². The van der Waals surface area contributed by atoms with Crippen molar-refractivity contribution in [1.82, 2.24) is 4.57 Å². The van der Waals surface area contributed by atoms with Crippen LogP contribution in [0.1, 0.15) is 20.7 Å². The van der Waals surface area contributed by atoms with Crippen molar-refractivity contribution in [3.8, 4) is 5.69 Å². The Bertz CT molecular complexity index is 1140. The van der Waals surface area contributed by atoms with E-state index in [0.717, 1.165) is 30.5 Å². The maximum Gasteiger partial charge on any atom is 0.335 e. The first-order valence-electron chi connectivity index (χ1n) is 7.79. The summed E-state index contributed by atoms with van der Waals surface area (Å²) in [4.78, 5) is 35.7. The van der Waals surface area contributed by atoms with Gasteiger partial charge in [-0.25, -0.2) is 13.6 Å². The Kier molecular flexibility index (Phi) is 5.36. The number of carboxylic acids is 1. The second-order valence-corrected chi connectivity index (χ2v) is 6.50. The fourth-order valence-corrected chi connectivity index (χ4v) is 2.81. The standard InChI is InChI=1S/C19H11BrF2N2O4/c20-12-6-4-10(19(27)28)8-15(12)23-18(26)11-5-7-16(25)24(9-11)17-13(21)2-1-3-14(17)22/h1-9H,(H,23,26)(H,27,28). The average Bonchev–Trinajstić information content (AvgIpc) is 2.64. The van der Waals surface area contributed by atoms with E-state index < -0.39 is 34.8 Å². The molecule has 0 aliphatic heterocycles. The maximum atomic E-state index is 14.0. The fraction of sp³-hybridized carbons (Fsp3) is 0. The van der Waals surface area contributed by atoms with Crippen molar-refractivity contribution in [2.45, 2.75) is 0 Å². The van der Waals surface area contributed by atoms with Gasteiger partial charge in [-0.05, 0) is 52.3 Å². The molecule has 0 atom stereocenters. The van der Waals surface area contributed by atoms with Gasteiger partial charge in [0.1, 0.15) is 17.3 Å². The molecule has 0 aliphatic rings. The van der Waals surface area contributed by atoms with Gasteiger partial charge in [0.05, 0.1) is 16.8 Å². The summed E-state index contributed by atoms with van der Waals surface area (Å²) in [6, 6.07) is 9.39. The molecule has 0 aliphatic carbocycles. The molecule has 1 heterocycles. The van der Waals surface area contributed by atoms with Gasteiger partial charge in [-0.2, -0.15) is 0 Å². The van der Waals surface area contributed by atoms with Crippen LogP contribution in [0.25, 0.3) is 5.69 Å². The van der Waals surface area contributed by atoms with Crippen LogP contribution in [0, 0.1) is 11.6 Å². The summed E-state index contributed by atoms with van der Waals surface area (Å²) in [7, 11) is 0. The minimum absolute atomic E-state index is 0.0445. The number of aromatic nitrogens is 1. The lowest BCUT2D eigenvalue weighted by Gasteiger charge is -2.11. The topological polar surface area (TPSA) is 88.4 Å². The van der Waals surface area contributed by atoms with E-state index in [9.17, 15) is 23.2 Å². The number of halogens is 3. The molecule has 9 heteroatoms. The first kappa shape index (κ1) is 19.4. The summed E-state index contributed by atoms with van der Waals surface area (Å²) in [5.74, 6) is -3.80. The zero-order valence-electron chi connectivity index (χ0n) is 13.9. The van der Waals surface area contributed by atoms with Crippen LogP contribution in [-0.4, -0.2) is 21.6 Å². The van der Waals surface area contributed by atoms with Gasteiger partial charge in [0.25, 0.3) is 11.5 Å². The monoisotopic (exact) mass is 448 g/mol. The number of carbonyl (C=O) groups is 2. The summed E-state index contributed by atoms with van der Waals surface area (Å²) in [5, 5.41) is 11.6. The number of rotatable bonds is 4. The fourth-order valence-electron chi connectivity index (χ4n) is 2.46. The van der Waals surface area contributed by atoms with Gasteiger partial charge >= 0.3 is 5.97 Å². The number of hydrogen-bond acceptors (Lipinski definition) is 3. The van der Waals surface area contributed by atoms with Crippen LogP contribution in [-0.2, 0) is 0 Å². The third-order valence-corrected chi connectivity index (χ3v) is 4.50. The van der Waals surface area contributed by atoms with Crippen LogP contribution in [0.3, 0.4) is 0 Å². The molecule has 0 radical (unpaired) electrons. The molecule has 2 aromatic carbocycles. The molecule has 142 valence electrons. The number of amides is 1. The molecule has 0 spiro atoms. The number of carboxylic acid groups (broad SMARTS) is 1. The predicted octanol–water partition coefficient (Wildman–Crippen LogP) is 3.83. The molecule has 3 rings (SSSR count). The molecule has 0 bridgehead atoms. The molecule has 28 heavy (non-hydrogen) atoms. The van der Waals surface area contributed by atoms with Crippen LogP contribution >= 0.6 is 15.9 Å². The highest BCUT2D eigenvalue weighted by atomic mass is 79.9. The lowest BCUT2D eigenvalue weighted by molar-refractivity contribution is 0.0696. The molecule has 3 aromatic rings. The highest BCUT2D eigenvalue weighted by Gasteiger charge is 2.16. The Balaban J connectivity index is 2.00. The van der Waals surface area contributed by atoms with E-state index in [0.29, 0.717) is 9.04 Å². The van der Waals surface area contributed by atoms with Crippen molar-refractivity contribution >= 4 is 33.5 Å². The summed E-state index contributed by atoms with van der Waals surface area (Å²) in [6.45, 7) is 0. The largest absolute Gasteiger partial charge is 0.478 e. The normalized spacial score (nSPS) is 10.5. The van der Waals surface area contributed by atoms with Crippen molar-refractivity contribution in [3.63, 3.8) is 0 Å². The van der Waals surface area contributed by atoms with Crippen LogP contribution in [0.5, 0.6) is 0 Å². The molecule has 0 saturated heterocycles. The Labute approximate surface area is 165 Å². The molecular formula is C19H11BrF2N2O4. The van der Waals surface area contributed by atoms with Gasteiger partial charge in [-0.1, -0.05) is 6.07 Å². The van der Waals surface area contributed by atoms with Gasteiger partial charge in [-0.15, -0.1) is 0 Å². The van der Waals surface area contributed by atoms with E-state index in [2.05, 4.69) is 21.2 Å². The maximum absolute atomic E-state index is 14.0. The van der Waals surface area contributed by atoms with Gasteiger partial charge in [0.15, 0.2) is 0 Å². The van der Waals surface area contributed by atoms with Crippen molar-refractivity contribution in [2.24, 2.45) is 0 Å². The summed E-state index contributed by atoms with van der Waals surface area (Å²) in [5.41, 5.74) is -1.25. The van der Waals surface area contributed by atoms with E-state index >= 15 is 0 Å². The SMILES string of the molecule is O=C(O)c1ccc(Br)c(NC(=O)c2ccc(=O)n(-c3c(F)cccc3F)c2)c1. The van der Waals surface area contributed by atoms with Crippen LogP contribution in [0.2, 0.25) is 0 Å². The summed E-state index contributed by atoms with van der Waals surface area (Å²) >= 11 is 3.20. The van der Waals surface area contributed by atoms with E-state index in [1.54, 1.807) is 0 Å². The lowest BCUT2D eigenvalue weighted by Crippen LogP contribution is -2.22. The number of pyridine rings is 1. The first-order valence-corrected chi connectivity index (χ1v) is 8.58. The highest BCUT2D eigenvalue weighted by molar-refractivity contribution is 9.10. The van der Waals surface area contributed by atoms with Crippen LogP contribution < -0.4 is 10.9 Å². The number of nitrogens with one attached hydrogen (secondary N) is 1. The Morgan fingerprint density at radius 2 is 1.64 bits per heavy atom. The summed E-state index contributed by atoms with van der Waals surface area (Å²) < 4.78 is 29.1. The minimum Gasteiger partial charge on any atom is -0.478 e. The molecule has 2 N–H and O–H groups in total. The van der Waals surface area contributed by atoms with Gasteiger partial charge in [-0.3, -0.25) is 14.2 Å². The second kappa shape index (κ2) is 7.73. The van der Waals surface area contributed by atoms with Crippen molar-refractivity contribution in [1.29, 1.82) is 0 Å². The van der Waals surface area contributed by atoms with Crippen molar-refractivity contribution < 1.29 is 23.5 Å². The average molecular weight is 449 g/mol.